The number of fused-ring (bicyclic) bond motifs is 1. The van der Waals surface area contributed by atoms with Crippen molar-refractivity contribution in [2.45, 2.75) is 25.6 Å². The summed E-state index contributed by atoms with van der Waals surface area (Å²) in [5.74, 6) is 0. The second-order valence-electron chi connectivity index (χ2n) is 5.32. The van der Waals surface area contributed by atoms with Gasteiger partial charge in [0.25, 0.3) is 0 Å². The minimum atomic E-state index is -4.34. The number of unbranched alkanes of at least 4 members (excludes halogenated alkanes) is 1. The zero-order valence-electron chi connectivity index (χ0n) is 12.0. The number of H-pyrrole nitrogens is 1. The van der Waals surface area contributed by atoms with Gasteiger partial charge in [0, 0.05) is 6.54 Å². The first kappa shape index (κ1) is 16.0. The number of hydrogen-bond donors (Lipinski definition) is 1. The summed E-state index contributed by atoms with van der Waals surface area (Å²) in [5.41, 5.74) is 0.492. The summed E-state index contributed by atoms with van der Waals surface area (Å²) in [4.78, 5) is 4.96. The van der Waals surface area contributed by atoms with E-state index in [0.717, 1.165) is 37.0 Å². The molecular weight excluding hydrogens is 299 g/mol. The predicted octanol–water partition coefficient (Wildman–Crippen LogP) is 4.06. The Morgan fingerprint density at radius 3 is 2.57 bits per heavy atom. The van der Waals surface area contributed by atoms with E-state index in [1.807, 2.05) is 18.7 Å². The van der Waals surface area contributed by atoms with E-state index in [9.17, 15) is 13.2 Å². The van der Waals surface area contributed by atoms with Crippen molar-refractivity contribution in [1.82, 2.24) is 14.5 Å². The Morgan fingerprint density at radius 2 is 1.95 bits per heavy atom. The average molecular weight is 317 g/mol. The topological polar surface area (TPSA) is 24.0 Å². The van der Waals surface area contributed by atoms with Crippen LogP contribution in [0.4, 0.5) is 13.2 Å². The van der Waals surface area contributed by atoms with E-state index in [4.69, 9.17) is 12.2 Å². The van der Waals surface area contributed by atoms with Gasteiger partial charge in [0.1, 0.15) is 0 Å². The monoisotopic (exact) mass is 317 g/mol. The fraction of sp³-hybridized carbons (Fsp3) is 0.500. The number of aryl methyl sites for hydroxylation is 1. The SMILES string of the molecule is CN(C)CCCCn1c(=S)[nH]c2cc(C(F)(F)F)ccc21. The molecule has 116 valence electrons. The maximum absolute atomic E-state index is 12.7. The quantitative estimate of drug-likeness (QED) is 0.664. The maximum Gasteiger partial charge on any atom is 0.416 e. The molecule has 1 aromatic heterocycles. The summed E-state index contributed by atoms with van der Waals surface area (Å²) < 4.78 is 40.4. The summed E-state index contributed by atoms with van der Waals surface area (Å²) in [5, 5.41) is 0. The van der Waals surface area contributed by atoms with Crippen LogP contribution < -0.4 is 0 Å². The van der Waals surface area contributed by atoms with Crippen molar-refractivity contribution in [2.24, 2.45) is 0 Å². The highest BCUT2D eigenvalue weighted by Crippen LogP contribution is 2.31. The Bertz CT molecular complexity index is 670. The predicted molar refractivity (Wildman–Crippen MR) is 79.9 cm³/mol. The van der Waals surface area contributed by atoms with Crippen molar-refractivity contribution in [3.05, 3.63) is 28.5 Å². The number of rotatable bonds is 5. The molecule has 1 aromatic carbocycles. The lowest BCUT2D eigenvalue weighted by molar-refractivity contribution is -0.137. The molecule has 0 saturated heterocycles. The van der Waals surface area contributed by atoms with Crippen LogP contribution in [0.5, 0.6) is 0 Å². The van der Waals surface area contributed by atoms with Gasteiger partial charge in [-0.05, 0) is 63.9 Å². The zero-order valence-corrected chi connectivity index (χ0v) is 12.8. The van der Waals surface area contributed by atoms with Crippen LogP contribution in [0.2, 0.25) is 0 Å². The fourth-order valence-electron chi connectivity index (χ4n) is 2.26. The van der Waals surface area contributed by atoms with Crippen molar-refractivity contribution in [3.63, 3.8) is 0 Å². The van der Waals surface area contributed by atoms with Crippen LogP contribution >= 0.6 is 12.2 Å². The third-order valence-electron chi connectivity index (χ3n) is 3.34. The van der Waals surface area contributed by atoms with Gasteiger partial charge in [0.05, 0.1) is 16.6 Å². The van der Waals surface area contributed by atoms with E-state index in [0.29, 0.717) is 16.8 Å². The molecule has 0 fully saturated rings. The first-order valence-electron chi connectivity index (χ1n) is 6.73. The highest BCUT2D eigenvalue weighted by atomic mass is 32.1. The summed E-state index contributed by atoms with van der Waals surface area (Å²) in [6, 6.07) is 3.69. The number of hydrogen-bond acceptors (Lipinski definition) is 2. The van der Waals surface area contributed by atoms with Crippen molar-refractivity contribution >= 4 is 23.3 Å². The summed E-state index contributed by atoms with van der Waals surface area (Å²) in [6.45, 7) is 1.69. The van der Waals surface area contributed by atoms with Gasteiger partial charge < -0.3 is 14.5 Å². The van der Waals surface area contributed by atoms with Crippen molar-refractivity contribution in [1.29, 1.82) is 0 Å². The van der Waals surface area contributed by atoms with Crippen LogP contribution in [-0.4, -0.2) is 35.1 Å². The lowest BCUT2D eigenvalue weighted by atomic mass is 10.2. The van der Waals surface area contributed by atoms with Crippen LogP contribution in [-0.2, 0) is 12.7 Å². The minimum Gasteiger partial charge on any atom is -0.331 e. The first-order chi connectivity index (χ1) is 9.79. The fourth-order valence-corrected chi connectivity index (χ4v) is 2.56. The van der Waals surface area contributed by atoms with Gasteiger partial charge in [0.15, 0.2) is 4.77 Å². The normalized spacial score (nSPS) is 12.5. The number of aromatic nitrogens is 2. The van der Waals surface area contributed by atoms with Crippen molar-refractivity contribution in [3.8, 4) is 0 Å². The standard InChI is InChI=1S/C14H18F3N3S/c1-19(2)7-3-4-8-20-12-6-5-10(14(15,16)17)9-11(12)18-13(20)21/h5-6,9H,3-4,7-8H2,1-2H3,(H,18,21). The molecule has 2 aromatic rings. The molecule has 0 amide bonds. The van der Waals surface area contributed by atoms with Crippen molar-refractivity contribution in [2.75, 3.05) is 20.6 Å². The Kier molecular flexibility index (Phi) is 4.73. The number of benzene rings is 1. The van der Waals surface area contributed by atoms with Crippen LogP contribution in [0.3, 0.4) is 0 Å². The number of alkyl halides is 3. The molecule has 0 unspecified atom stereocenters. The number of nitrogens with zero attached hydrogens (tertiary/aromatic N) is 2. The van der Waals surface area contributed by atoms with Gasteiger partial charge in [-0.25, -0.2) is 0 Å². The zero-order chi connectivity index (χ0) is 15.6. The van der Waals surface area contributed by atoms with Gasteiger partial charge in [-0.2, -0.15) is 13.2 Å². The van der Waals surface area contributed by atoms with E-state index in [2.05, 4.69) is 9.88 Å². The molecule has 0 aliphatic heterocycles. The van der Waals surface area contributed by atoms with E-state index in [1.165, 1.54) is 6.07 Å². The summed E-state index contributed by atoms with van der Waals surface area (Å²) >= 11 is 5.21. The van der Waals surface area contributed by atoms with Crippen molar-refractivity contribution < 1.29 is 13.2 Å². The van der Waals surface area contributed by atoms with Crippen LogP contribution in [0.15, 0.2) is 18.2 Å². The van der Waals surface area contributed by atoms with Crippen LogP contribution in [0.1, 0.15) is 18.4 Å². The van der Waals surface area contributed by atoms with Gasteiger partial charge in [-0.3, -0.25) is 0 Å². The largest absolute Gasteiger partial charge is 0.416 e. The second-order valence-corrected chi connectivity index (χ2v) is 5.71. The Morgan fingerprint density at radius 1 is 1.24 bits per heavy atom. The minimum absolute atomic E-state index is 0.433. The molecule has 2 rings (SSSR count). The molecule has 0 spiro atoms. The molecule has 7 heteroatoms. The molecule has 21 heavy (non-hydrogen) atoms. The molecule has 0 aliphatic rings. The molecule has 0 radical (unpaired) electrons. The Balaban J connectivity index is 2.21. The molecule has 0 saturated carbocycles. The summed E-state index contributed by atoms with van der Waals surface area (Å²) in [7, 11) is 4.02. The van der Waals surface area contributed by atoms with Gasteiger partial charge in [0.2, 0.25) is 0 Å². The van der Waals surface area contributed by atoms with Crippen LogP contribution in [0.25, 0.3) is 11.0 Å². The van der Waals surface area contributed by atoms with E-state index in [1.54, 1.807) is 0 Å². The number of halogens is 3. The smallest absolute Gasteiger partial charge is 0.331 e. The Hall–Kier alpha value is -1.34. The first-order valence-corrected chi connectivity index (χ1v) is 7.14. The summed E-state index contributed by atoms with van der Waals surface area (Å²) in [6.07, 6.45) is -2.39. The Labute approximate surface area is 126 Å². The molecule has 3 nitrogen and oxygen atoms in total. The van der Waals surface area contributed by atoms with E-state index in [-0.39, 0.29) is 0 Å². The van der Waals surface area contributed by atoms with Gasteiger partial charge in [-0.15, -0.1) is 0 Å². The third kappa shape index (κ3) is 3.85. The molecule has 1 N–H and O–H groups in total. The van der Waals surface area contributed by atoms with Gasteiger partial charge in [-0.1, -0.05) is 0 Å². The van der Waals surface area contributed by atoms with Gasteiger partial charge >= 0.3 is 6.18 Å². The lowest BCUT2D eigenvalue weighted by Crippen LogP contribution is -2.13. The lowest BCUT2D eigenvalue weighted by Gasteiger charge is -2.10. The molecule has 0 aliphatic carbocycles. The van der Waals surface area contributed by atoms with E-state index >= 15 is 0 Å². The average Bonchev–Trinajstić information content (AvgIpc) is 2.68. The highest BCUT2D eigenvalue weighted by molar-refractivity contribution is 7.71. The molecule has 1 heterocycles. The number of imidazole rings is 1. The highest BCUT2D eigenvalue weighted by Gasteiger charge is 2.30. The van der Waals surface area contributed by atoms with Crippen LogP contribution in [0, 0.1) is 4.77 Å². The molecule has 0 bridgehead atoms. The third-order valence-corrected chi connectivity index (χ3v) is 3.66. The number of aromatic amines is 1. The molecule has 0 atom stereocenters. The maximum atomic E-state index is 12.7. The van der Waals surface area contributed by atoms with E-state index < -0.39 is 11.7 Å². The molecular formula is C14H18F3N3S. The second kappa shape index (κ2) is 6.19. The number of nitrogens with one attached hydrogen (secondary N) is 1.